The molecular weight excluding hydrogens is 212 g/mol. The quantitative estimate of drug-likeness (QED) is 0.474. The van der Waals surface area contributed by atoms with Crippen molar-refractivity contribution in [2.45, 2.75) is 13.0 Å². The average Bonchev–Trinajstić information content (AvgIpc) is 2.38. The maximum absolute atomic E-state index is 11.2. The maximum Gasteiger partial charge on any atom is 0.433 e. The summed E-state index contributed by atoms with van der Waals surface area (Å²) < 4.78 is 27.2. The minimum atomic E-state index is -3.52. The van der Waals surface area contributed by atoms with Gasteiger partial charge in [-0.3, -0.25) is 4.84 Å². The van der Waals surface area contributed by atoms with E-state index in [4.69, 9.17) is 4.74 Å². The first-order valence-electron chi connectivity index (χ1n) is 3.78. The van der Waals surface area contributed by atoms with Gasteiger partial charge < -0.3 is 10.1 Å². The molecule has 8 heteroatoms. The molecule has 0 radical (unpaired) electrons. The molecule has 1 N–H and O–H groups in total. The van der Waals surface area contributed by atoms with E-state index in [1.807, 2.05) is 0 Å². The number of sulfone groups is 1. The molecule has 1 unspecified atom stereocenters. The zero-order valence-corrected chi connectivity index (χ0v) is 8.50. The molecule has 0 bridgehead atoms. The van der Waals surface area contributed by atoms with Crippen molar-refractivity contribution < 1.29 is 22.8 Å². The van der Waals surface area contributed by atoms with E-state index in [1.165, 1.54) is 14.0 Å². The van der Waals surface area contributed by atoms with E-state index >= 15 is 0 Å². The van der Waals surface area contributed by atoms with Crippen molar-refractivity contribution in [1.29, 1.82) is 0 Å². The van der Waals surface area contributed by atoms with Gasteiger partial charge in [0.05, 0.1) is 0 Å². The van der Waals surface area contributed by atoms with Crippen LogP contribution in [0.5, 0.6) is 0 Å². The minimum absolute atomic E-state index is 0.263. The Hall–Kier alpha value is -1.15. The van der Waals surface area contributed by atoms with Crippen LogP contribution >= 0.6 is 0 Å². The van der Waals surface area contributed by atoms with E-state index in [9.17, 15) is 13.2 Å². The Labute approximate surface area is 81.0 Å². The van der Waals surface area contributed by atoms with Gasteiger partial charge in [0.1, 0.15) is 6.10 Å². The van der Waals surface area contributed by atoms with Gasteiger partial charge in [0.15, 0.2) is 5.94 Å². The normalized spacial score (nSPS) is 27.6. The fraction of sp³-hybridized carbons (Fsp3) is 0.667. The van der Waals surface area contributed by atoms with Crippen LogP contribution in [0.15, 0.2) is 5.16 Å². The molecular formula is C6H10N2O5S. The summed E-state index contributed by atoms with van der Waals surface area (Å²) in [6.45, 7) is 1.51. The molecule has 1 fully saturated rings. The van der Waals surface area contributed by atoms with Crippen molar-refractivity contribution in [3.63, 3.8) is 0 Å². The van der Waals surface area contributed by atoms with Gasteiger partial charge in [-0.1, -0.05) is 5.16 Å². The number of ether oxygens (including phenoxy) is 1. The zero-order valence-electron chi connectivity index (χ0n) is 7.68. The second kappa shape index (κ2) is 3.93. The third-order valence-corrected chi connectivity index (χ3v) is 3.05. The molecule has 0 aromatic heterocycles. The largest absolute Gasteiger partial charge is 0.433 e. The summed E-state index contributed by atoms with van der Waals surface area (Å²) in [7, 11) is -2.18. The van der Waals surface area contributed by atoms with Crippen LogP contribution in [0.25, 0.3) is 0 Å². The molecule has 0 aliphatic carbocycles. The predicted molar refractivity (Wildman–Crippen MR) is 47.3 cm³/mol. The maximum atomic E-state index is 11.2. The Morgan fingerprint density at radius 2 is 2.36 bits per heavy atom. The van der Waals surface area contributed by atoms with Gasteiger partial charge in [-0.05, 0) is 6.92 Å². The van der Waals surface area contributed by atoms with Gasteiger partial charge in [-0.25, -0.2) is 13.2 Å². The summed E-state index contributed by atoms with van der Waals surface area (Å²) in [6.07, 6.45) is -1.50. The van der Waals surface area contributed by atoms with E-state index in [0.29, 0.717) is 0 Å². The monoisotopic (exact) mass is 222 g/mol. The summed E-state index contributed by atoms with van der Waals surface area (Å²) >= 11 is 0. The van der Waals surface area contributed by atoms with Crippen molar-refractivity contribution in [3.05, 3.63) is 0 Å². The highest BCUT2D eigenvalue weighted by atomic mass is 32.2. The summed E-state index contributed by atoms with van der Waals surface area (Å²) in [4.78, 5) is 14.9. The number of carbonyl (C=O) groups excluding carboxylic acids is 1. The zero-order chi connectivity index (χ0) is 10.8. The van der Waals surface area contributed by atoms with Crippen molar-refractivity contribution in [2.24, 2.45) is 5.16 Å². The molecule has 7 nitrogen and oxygen atoms in total. The number of nitrogens with zero attached hydrogens (tertiary/aromatic N) is 1. The number of nitrogens with one attached hydrogen (secondary N) is 1. The van der Waals surface area contributed by atoms with Crippen molar-refractivity contribution in [2.75, 3.05) is 13.0 Å². The first-order valence-corrected chi connectivity index (χ1v) is 5.43. The highest BCUT2D eigenvalue weighted by Gasteiger charge is 2.35. The molecule has 1 atom stereocenters. The third kappa shape index (κ3) is 2.20. The van der Waals surface area contributed by atoms with Gasteiger partial charge in [0.2, 0.25) is 14.9 Å². The molecule has 0 aromatic carbocycles. The Bertz CT molecular complexity index is 360. The first-order chi connectivity index (χ1) is 6.47. The average molecular weight is 222 g/mol. The smallest absolute Gasteiger partial charge is 0.355 e. The Morgan fingerprint density at radius 3 is 2.79 bits per heavy atom. The van der Waals surface area contributed by atoms with Gasteiger partial charge >= 0.3 is 6.09 Å². The lowest BCUT2D eigenvalue weighted by atomic mass is 10.4. The molecule has 1 saturated heterocycles. The van der Waals surface area contributed by atoms with Crippen molar-refractivity contribution in [3.8, 4) is 0 Å². The van der Waals surface area contributed by atoms with Crippen LogP contribution in [0.1, 0.15) is 6.92 Å². The minimum Gasteiger partial charge on any atom is -0.355 e. The number of rotatable bonds is 1. The fourth-order valence-corrected chi connectivity index (χ4v) is 2.07. The van der Waals surface area contributed by atoms with E-state index in [0.717, 1.165) is 0 Å². The molecule has 1 aliphatic heterocycles. The third-order valence-electron chi connectivity index (χ3n) is 1.56. The van der Waals surface area contributed by atoms with Gasteiger partial charge in [0.25, 0.3) is 0 Å². The molecule has 1 amide bonds. The molecule has 1 heterocycles. The summed E-state index contributed by atoms with van der Waals surface area (Å²) in [6, 6.07) is 0. The van der Waals surface area contributed by atoms with Crippen LogP contribution in [0.4, 0.5) is 4.79 Å². The molecule has 0 aromatic rings. The van der Waals surface area contributed by atoms with Crippen LogP contribution in [0.3, 0.4) is 0 Å². The van der Waals surface area contributed by atoms with Crippen LogP contribution in [0, 0.1) is 0 Å². The fourth-order valence-electron chi connectivity index (χ4n) is 0.839. The standard InChI is InChI=1S/C6H10N2O5S/c1-4-5(8-13-6(9)7-2)14(10,11)3-12-4/h4H,3H2,1-2H3,(H,7,9)/b8-5-. The van der Waals surface area contributed by atoms with Crippen LogP contribution in [-0.2, 0) is 19.4 Å². The second-order valence-electron chi connectivity index (χ2n) is 2.60. The lowest BCUT2D eigenvalue weighted by Gasteiger charge is -1.99. The Kier molecular flexibility index (Phi) is 3.06. The number of hydrogen-bond acceptors (Lipinski definition) is 6. The van der Waals surface area contributed by atoms with E-state index in [1.54, 1.807) is 0 Å². The van der Waals surface area contributed by atoms with Crippen molar-refractivity contribution in [1.82, 2.24) is 5.32 Å². The van der Waals surface area contributed by atoms with Crippen LogP contribution < -0.4 is 5.32 Å². The Morgan fingerprint density at radius 1 is 1.71 bits per heavy atom. The van der Waals surface area contributed by atoms with Gasteiger partial charge in [0, 0.05) is 7.05 Å². The van der Waals surface area contributed by atoms with E-state index in [-0.39, 0.29) is 5.04 Å². The Balaban J connectivity index is 2.80. The number of hydrogen-bond donors (Lipinski definition) is 1. The molecule has 0 saturated carbocycles. The predicted octanol–water partition coefficient (Wildman–Crippen LogP) is -0.553. The summed E-state index contributed by atoms with van der Waals surface area (Å²) in [5.74, 6) is -0.426. The summed E-state index contributed by atoms with van der Waals surface area (Å²) in [5.41, 5.74) is 0. The second-order valence-corrected chi connectivity index (χ2v) is 4.48. The number of amides is 1. The lowest BCUT2D eigenvalue weighted by molar-refractivity contribution is 0.144. The lowest BCUT2D eigenvalue weighted by Crippen LogP contribution is -2.22. The highest BCUT2D eigenvalue weighted by Crippen LogP contribution is 2.14. The molecule has 1 rings (SSSR count). The number of oxime groups is 1. The van der Waals surface area contributed by atoms with Crippen LogP contribution in [-0.4, -0.2) is 38.6 Å². The highest BCUT2D eigenvalue weighted by molar-refractivity contribution is 8.06. The van der Waals surface area contributed by atoms with Gasteiger partial charge in [-0.2, -0.15) is 0 Å². The molecule has 1 aliphatic rings. The van der Waals surface area contributed by atoms with Gasteiger partial charge in [-0.15, -0.1) is 0 Å². The SMILES string of the molecule is CNC(=O)O/N=C1/C(C)OCS1(=O)=O. The molecule has 0 spiro atoms. The van der Waals surface area contributed by atoms with E-state index in [2.05, 4.69) is 15.3 Å². The van der Waals surface area contributed by atoms with Crippen molar-refractivity contribution >= 4 is 21.0 Å². The van der Waals surface area contributed by atoms with E-state index < -0.39 is 28.0 Å². The topological polar surface area (TPSA) is 94.1 Å². The van der Waals surface area contributed by atoms with Crippen LogP contribution in [0.2, 0.25) is 0 Å². The molecule has 14 heavy (non-hydrogen) atoms. The first kappa shape index (κ1) is 10.9. The molecule has 80 valence electrons. The summed E-state index contributed by atoms with van der Waals surface area (Å²) in [5, 5.41) is 5.08. The number of carbonyl (C=O) groups is 1.